The summed E-state index contributed by atoms with van der Waals surface area (Å²) in [5, 5.41) is 11.9. The highest BCUT2D eigenvalue weighted by Crippen LogP contribution is 2.36. The highest BCUT2D eigenvalue weighted by atomic mass is 32.2. The van der Waals surface area contributed by atoms with Crippen LogP contribution in [0.1, 0.15) is 45.4 Å². The second-order valence-electron chi connectivity index (χ2n) is 7.63. The molecule has 9 heteroatoms. The minimum atomic E-state index is -0.0776. The van der Waals surface area contributed by atoms with Crippen molar-refractivity contribution in [1.29, 1.82) is 0 Å². The predicted molar refractivity (Wildman–Crippen MR) is 123 cm³/mol. The number of piperidine rings is 1. The van der Waals surface area contributed by atoms with Crippen molar-refractivity contribution in [2.75, 3.05) is 34.0 Å². The second-order valence-corrected chi connectivity index (χ2v) is 9.81. The molecule has 0 spiro atoms. The van der Waals surface area contributed by atoms with E-state index in [2.05, 4.69) is 32.5 Å². The fraction of sp³-hybridized carbons (Fsp3) is 0.524. The van der Waals surface area contributed by atoms with Gasteiger partial charge in [-0.3, -0.25) is 14.5 Å². The molecule has 0 bridgehead atoms. The van der Waals surface area contributed by atoms with E-state index in [1.807, 2.05) is 19.1 Å². The molecule has 2 amide bonds. The molecule has 1 aliphatic heterocycles. The quantitative estimate of drug-likeness (QED) is 0.485. The topological polar surface area (TPSA) is 78.4 Å². The second kappa shape index (κ2) is 9.78. The van der Waals surface area contributed by atoms with Crippen LogP contribution < -0.4 is 15.1 Å². The molecule has 1 saturated heterocycles. The molecule has 2 fully saturated rings. The minimum absolute atomic E-state index is 0.0776. The van der Waals surface area contributed by atoms with Crippen LogP contribution in [-0.4, -0.2) is 46.9 Å². The van der Waals surface area contributed by atoms with Crippen molar-refractivity contribution in [1.82, 2.24) is 10.2 Å². The van der Waals surface area contributed by atoms with Gasteiger partial charge in [0.1, 0.15) is 0 Å². The maximum Gasteiger partial charge on any atom is 0.234 e. The highest BCUT2D eigenvalue weighted by Gasteiger charge is 2.35. The summed E-state index contributed by atoms with van der Waals surface area (Å²) in [5.41, 5.74) is 2.01. The molecule has 160 valence electrons. The molecule has 2 aliphatic rings. The summed E-state index contributed by atoms with van der Waals surface area (Å²) in [4.78, 5) is 28.7. The molecule has 7 nitrogen and oxygen atoms in total. The van der Waals surface area contributed by atoms with Crippen LogP contribution in [0.15, 0.2) is 28.6 Å². The first-order valence-corrected chi connectivity index (χ1v) is 12.4. The molecule has 2 heterocycles. The lowest BCUT2D eigenvalue weighted by atomic mass is 10.1. The molecule has 1 saturated carbocycles. The lowest BCUT2D eigenvalue weighted by molar-refractivity contribution is -0.118. The average molecular weight is 446 g/mol. The monoisotopic (exact) mass is 445 g/mol. The molecule has 1 aliphatic carbocycles. The summed E-state index contributed by atoms with van der Waals surface area (Å²) >= 11 is 2.73. The smallest absolute Gasteiger partial charge is 0.234 e. The Kier molecular flexibility index (Phi) is 6.89. The van der Waals surface area contributed by atoms with Crippen molar-refractivity contribution < 1.29 is 9.59 Å². The number of amides is 2. The van der Waals surface area contributed by atoms with E-state index in [-0.39, 0.29) is 23.6 Å². The maximum absolute atomic E-state index is 12.3. The Morgan fingerprint density at radius 1 is 1.17 bits per heavy atom. The summed E-state index contributed by atoms with van der Waals surface area (Å²) in [7, 11) is 0. The third kappa shape index (κ3) is 5.31. The molecule has 2 aromatic rings. The first kappa shape index (κ1) is 21.1. The van der Waals surface area contributed by atoms with E-state index >= 15 is 0 Å². The standard InChI is InChI=1S/C21H27N5O2S2/c1-2-19(28)26(17-10-11-17)20-23-24-21(30-20)29-14-18(27)22-15-6-8-16(9-7-15)25-12-4-3-5-13-25/h6-9,17H,2-5,10-14H2,1H3,(H,22,27). The Hall–Kier alpha value is -2.13. The van der Waals surface area contributed by atoms with Crippen molar-refractivity contribution in [3.8, 4) is 0 Å². The molecule has 1 aromatic heterocycles. The normalized spacial score (nSPS) is 16.4. The SMILES string of the molecule is CCC(=O)N(c1nnc(SCC(=O)Nc2ccc(N3CCCCC3)cc2)s1)C1CC1. The van der Waals surface area contributed by atoms with Gasteiger partial charge in [0, 0.05) is 36.9 Å². The van der Waals surface area contributed by atoms with Crippen LogP contribution in [0.3, 0.4) is 0 Å². The lowest BCUT2D eigenvalue weighted by Gasteiger charge is -2.28. The van der Waals surface area contributed by atoms with E-state index in [9.17, 15) is 9.59 Å². The van der Waals surface area contributed by atoms with Gasteiger partial charge < -0.3 is 10.2 Å². The molecule has 0 atom stereocenters. The van der Waals surface area contributed by atoms with Gasteiger partial charge in [0.05, 0.1) is 5.75 Å². The summed E-state index contributed by atoms with van der Waals surface area (Å²) in [6, 6.07) is 8.32. The minimum Gasteiger partial charge on any atom is -0.372 e. The van der Waals surface area contributed by atoms with Gasteiger partial charge in [-0.25, -0.2) is 0 Å². The van der Waals surface area contributed by atoms with Crippen LogP contribution >= 0.6 is 23.1 Å². The number of aromatic nitrogens is 2. The van der Waals surface area contributed by atoms with E-state index in [0.717, 1.165) is 31.6 Å². The highest BCUT2D eigenvalue weighted by molar-refractivity contribution is 8.01. The molecule has 30 heavy (non-hydrogen) atoms. The Balaban J connectivity index is 1.28. The molecule has 1 N–H and O–H groups in total. The molecule has 4 rings (SSSR count). The van der Waals surface area contributed by atoms with Gasteiger partial charge in [-0.2, -0.15) is 0 Å². The summed E-state index contributed by atoms with van der Waals surface area (Å²) in [5.74, 6) is 0.260. The predicted octanol–water partition coefficient (Wildman–Crippen LogP) is 4.16. The Morgan fingerprint density at radius 3 is 2.57 bits per heavy atom. The molecule has 1 aromatic carbocycles. The van der Waals surface area contributed by atoms with Gasteiger partial charge in [-0.1, -0.05) is 30.0 Å². The van der Waals surface area contributed by atoms with Crippen molar-refractivity contribution in [3.63, 3.8) is 0 Å². The zero-order chi connectivity index (χ0) is 20.9. The van der Waals surface area contributed by atoms with Crippen LogP contribution in [0.4, 0.5) is 16.5 Å². The largest absolute Gasteiger partial charge is 0.372 e. The number of rotatable bonds is 8. The van der Waals surface area contributed by atoms with Crippen LogP contribution in [0.2, 0.25) is 0 Å². The number of thioether (sulfide) groups is 1. The van der Waals surface area contributed by atoms with Gasteiger partial charge in [0.2, 0.25) is 16.9 Å². The number of hydrogen-bond donors (Lipinski definition) is 1. The van der Waals surface area contributed by atoms with E-state index in [0.29, 0.717) is 15.9 Å². The number of carbonyl (C=O) groups is 2. The van der Waals surface area contributed by atoms with Crippen molar-refractivity contribution in [3.05, 3.63) is 24.3 Å². The van der Waals surface area contributed by atoms with Gasteiger partial charge in [0.15, 0.2) is 4.34 Å². The van der Waals surface area contributed by atoms with Crippen LogP contribution in [0, 0.1) is 0 Å². The fourth-order valence-corrected chi connectivity index (χ4v) is 5.29. The van der Waals surface area contributed by atoms with Crippen LogP contribution in [-0.2, 0) is 9.59 Å². The average Bonchev–Trinajstić information content (AvgIpc) is 3.50. The van der Waals surface area contributed by atoms with Gasteiger partial charge >= 0.3 is 0 Å². The van der Waals surface area contributed by atoms with E-state index in [1.165, 1.54) is 48.0 Å². The molecule has 0 unspecified atom stereocenters. The first-order chi connectivity index (χ1) is 14.6. The van der Waals surface area contributed by atoms with E-state index < -0.39 is 0 Å². The third-order valence-corrected chi connectivity index (χ3v) is 7.34. The van der Waals surface area contributed by atoms with Gasteiger partial charge in [0.25, 0.3) is 0 Å². The Morgan fingerprint density at radius 2 is 1.90 bits per heavy atom. The number of hydrogen-bond acceptors (Lipinski definition) is 7. The number of anilines is 3. The lowest BCUT2D eigenvalue weighted by Crippen LogP contribution is -2.32. The molecule has 0 radical (unpaired) electrons. The van der Waals surface area contributed by atoms with Crippen molar-refractivity contribution in [2.24, 2.45) is 0 Å². The Labute approximate surface area is 185 Å². The van der Waals surface area contributed by atoms with Gasteiger partial charge in [-0.05, 0) is 56.4 Å². The molecular weight excluding hydrogens is 418 g/mol. The summed E-state index contributed by atoms with van der Waals surface area (Å²) in [6.45, 7) is 4.07. The zero-order valence-electron chi connectivity index (χ0n) is 17.2. The Bertz CT molecular complexity index is 876. The summed E-state index contributed by atoms with van der Waals surface area (Å²) < 4.78 is 0.704. The zero-order valence-corrected chi connectivity index (χ0v) is 18.8. The number of carbonyl (C=O) groups excluding carboxylic acids is 2. The van der Waals surface area contributed by atoms with Crippen molar-refractivity contribution >= 4 is 51.4 Å². The number of benzene rings is 1. The van der Waals surface area contributed by atoms with Crippen molar-refractivity contribution in [2.45, 2.75) is 55.8 Å². The molecular formula is C21H27N5O2S2. The van der Waals surface area contributed by atoms with Crippen LogP contribution in [0.25, 0.3) is 0 Å². The van der Waals surface area contributed by atoms with E-state index in [1.54, 1.807) is 4.90 Å². The maximum atomic E-state index is 12.3. The first-order valence-electron chi connectivity index (χ1n) is 10.6. The van der Waals surface area contributed by atoms with E-state index in [4.69, 9.17) is 0 Å². The summed E-state index contributed by atoms with van der Waals surface area (Å²) in [6.07, 6.45) is 6.30. The third-order valence-electron chi connectivity index (χ3n) is 5.28. The van der Waals surface area contributed by atoms with Gasteiger partial charge in [-0.15, -0.1) is 10.2 Å². The van der Waals surface area contributed by atoms with Crippen LogP contribution in [0.5, 0.6) is 0 Å². The number of nitrogens with one attached hydrogen (secondary N) is 1. The number of nitrogens with zero attached hydrogens (tertiary/aromatic N) is 4. The fourth-order valence-electron chi connectivity index (χ4n) is 3.56.